The summed E-state index contributed by atoms with van der Waals surface area (Å²) in [6.07, 6.45) is 0.798. The second-order valence-electron chi connectivity index (χ2n) is 4.71. The molecule has 0 radical (unpaired) electrons. The standard InChI is InChI=1S/C16H17ClN2O2/c1-2-9-19(12-5-3-11(18)4-6-12)16(21)14-10-13(20)7-8-15(14)17/h3-8,10,20H,2,9,18H2,1H3. The Labute approximate surface area is 128 Å². The van der Waals surface area contributed by atoms with Gasteiger partial charge in [0.1, 0.15) is 5.75 Å². The van der Waals surface area contributed by atoms with Crippen LogP contribution < -0.4 is 10.6 Å². The van der Waals surface area contributed by atoms with Crippen molar-refractivity contribution in [3.05, 3.63) is 53.1 Å². The Balaban J connectivity index is 2.39. The summed E-state index contributed by atoms with van der Waals surface area (Å²) in [6, 6.07) is 11.4. The van der Waals surface area contributed by atoms with Gasteiger partial charge in [-0.1, -0.05) is 18.5 Å². The zero-order valence-electron chi connectivity index (χ0n) is 11.7. The highest BCUT2D eigenvalue weighted by Gasteiger charge is 2.20. The third-order valence-corrected chi connectivity index (χ3v) is 3.41. The number of nitrogen functional groups attached to an aromatic ring is 1. The van der Waals surface area contributed by atoms with E-state index in [4.69, 9.17) is 17.3 Å². The van der Waals surface area contributed by atoms with Gasteiger partial charge in [0.25, 0.3) is 5.91 Å². The van der Waals surface area contributed by atoms with Gasteiger partial charge >= 0.3 is 0 Å². The summed E-state index contributed by atoms with van der Waals surface area (Å²) in [7, 11) is 0. The molecule has 0 bridgehead atoms. The number of hydrogen-bond acceptors (Lipinski definition) is 3. The number of carbonyl (C=O) groups excluding carboxylic acids is 1. The maximum absolute atomic E-state index is 12.7. The number of nitrogens with two attached hydrogens (primary N) is 1. The monoisotopic (exact) mass is 304 g/mol. The van der Waals surface area contributed by atoms with Crippen LogP contribution in [-0.4, -0.2) is 17.6 Å². The molecule has 2 aromatic carbocycles. The predicted octanol–water partition coefficient (Wildman–Crippen LogP) is 3.68. The van der Waals surface area contributed by atoms with Gasteiger partial charge in [-0.25, -0.2) is 0 Å². The van der Waals surface area contributed by atoms with Crippen molar-refractivity contribution in [2.45, 2.75) is 13.3 Å². The molecule has 0 atom stereocenters. The number of aromatic hydroxyl groups is 1. The molecule has 5 heteroatoms. The first-order valence-corrected chi connectivity index (χ1v) is 7.06. The van der Waals surface area contributed by atoms with Crippen LogP contribution in [0.25, 0.3) is 0 Å². The lowest BCUT2D eigenvalue weighted by atomic mass is 10.1. The van der Waals surface area contributed by atoms with Crippen LogP contribution in [0.3, 0.4) is 0 Å². The van der Waals surface area contributed by atoms with Crippen LogP contribution >= 0.6 is 11.6 Å². The summed E-state index contributed by atoms with van der Waals surface area (Å²) >= 11 is 6.07. The molecule has 110 valence electrons. The van der Waals surface area contributed by atoms with Gasteiger partial charge in [0.05, 0.1) is 10.6 Å². The van der Waals surface area contributed by atoms with Crippen LogP contribution in [0.4, 0.5) is 11.4 Å². The lowest BCUT2D eigenvalue weighted by Crippen LogP contribution is -2.31. The molecule has 21 heavy (non-hydrogen) atoms. The van der Waals surface area contributed by atoms with Crippen LogP contribution in [0, 0.1) is 0 Å². The highest BCUT2D eigenvalue weighted by atomic mass is 35.5. The van der Waals surface area contributed by atoms with E-state index in [-0.39, 0.29) is 17.2 Å². The van der Waals surface area contributed by atoms with E-state index in [1.165, 1.54) is 18.2 Å². The third kappa shape index (κ3) is 3.47. The average Bonchev–Trinajstić information content (AvgIpc) is 2.48. The van der Waals surface area contributed by atoms with E-state index < -0.39 is 0 Å². The summed E-state index contributed by atoms with van der Waals surface area (Å²) in [5.74, 6) is -0.237. The molecular weight excluding hydrogens is 288 g/mol. The van der Waals surface area contributed by atoms with Crippen LogP contribution in [0.5, 0.6) is 5.75 Å². The molecule has 0 aromatic heterocycles. The van der Waals surface area contributed by atoms with Crippen molar-refractivity contribution in [3.8, 4) is 5.75 Å². The fourth-order valence-electron chi connectivity index (χ4n) is 2.05. The molecular formula is C16H17ClN2O2. The summed E-state index contributed by atoms with van der Waals surface area (Å²) in [5.41, 5.74) is 7.34. The van der Waals surface area contributed by atoms with Crippen molar-refractivity contribution in [1.29, 1.82) is 0 Å². The number of halogens is 1. The molecule has 0 unspecified atom stereocenters. The van der Waals surface area contributed by atoms with E-state index in [2.05, 4.69) is 0 Å². The molecule has 0 saturated heterocycles. The molecule has 4 nitrogen and oxygen atoms in total. The number of benzene rings is 2. The number of nitrogens with zero attached hydrogens (tertiary/aromatic N) is 1. The topological polar surface area (TPSA) is 66.6 Å². The minimum absolute atomic E-state index is 0.0107. The fraction of sp³-hybridized carbons (Fsp3) is 0.188. The van der Waals surface area contributed by atoms with Gasteiger partial charge in [-0.3, -0.25) is 4.79 Å². The minimum atomic E-state index is -0.248. The van der Waals surface area contributed by atoms with Crippen LogP contribution in [0.2, 0.25) is 5.02 Å². The average molecular weight is 305 g/mol. The quantitative estimate of drug-likeness (QED) is 0.847. The van der Waals surface area contributed by atoms with E-state index in [1.54, 1.807) is 29.2 Å². The minimum Gasteiger partial charge on any atom is -0.508 e. The van der Waals surface area contributed by atoms with Gasteiger partial charge in [-0.2, -0.15) is 0 Å². The first-order valence-electron chi connectivity index (χ1n) is 6.69. The van der Waals surface area contributed by atoms with Crippen molar-refractivity contribution >= 4 is 28.9 Å². The molecule has 0 aliphatic heterocycles. The lowest BCUT2D eigenvalue weighted by Gasteiger charge is -2.23. The van der Waals surface area contributed by atoms with Gasteiger partial charge in [0.2, 0.25) is 0 Å². The number of phenolic OH excluding ortho intramolecular Hbond substituents is 1. The zero-order chi connectivity index (χ0) is 15.4. The maximum atomic E-state index is 12.7. The van der Waals surface area contributed by atoms with Gasteiger partial charge < -0.3 is 15.7 Å². The number of hydrogen-bond donors (Lipinski definition) is 2. The molecule has 2 aromatic rings. The molecule has 1 amide bonds. The van der Waals surface area contributed by atoms with Crippen LogP contribution in [0.1, 0.15) is 23.7 Å². The fourth-order valence-corrected chi connectivity index (χ4v) is 2.25. The van der Waals surface area contributed by atoms with E-state index in [0.29, 0.717) is 17.3 Å². The van der Waals surface area contributed by atoms with Crippen molar-refractivity contribution < 1.29 is 9.90 Å². The summed E-state index contributed by atoms with van der Waals surface area (Å²) in [4.78, 5) is 14.3. The first kappa shape index (κ1) is 15.2. The molecule has 0 fully saturated rings. The smallest absolute Gasteiger partial charge is 0.259 e. The van der Waals surface area contributed by atoms with Gasteiger partial charge in [-0.05, 0) is 48.9 Å². The van der Waals surface area contributed by atoms with E-state index >= 15 is 0 Å². The number of anilines is 2. The van der Waals surface area contributed by atoms with Gasteiger partial charge in [-0.15, -0.1) is 0 Å². The molecule has 0 aliphatic carbocycles. The molecule has 0 aliphatic rings. The first-order chi connectivity index (χ1) is 10.0. The number of rotatable bonds is 4. The second kappa shape index (κ2) is 6.50. The number of carbonyl (C=O) groups is 1. The SMILES string of the molecule is CCCN(C(=O)c1cc(O)ccc1Cl)c1ccc(N)cc1. The second-order valence-corrected chi connectivity index (χ2v) is 5.12. The Morgan fingerprint density at radius 3 is 2.52 bits per heavy atom. The van der Waals surface area contributed by atoms with Gasteiger partial charge in [0, 0.05) is 17.9 Å². The Morgan fingerprint density at radius 2 is 1.90 bits per heavy atom. The molecule has 0 spiro atoms. The molecule has 3 N–H and O–H groups in total. The molecule has 0 heterocycles. The normalized spacial score (nSPS) is 10.4. The number of phenols is 1. The van der Waals surface area contributed by atoms with Crippen LogP contribution in [0.15, 0.2) is 42.5 Å². The highest BCUT2D eigenvalue weighted by Crippen LogP contribution is 2.25. The van der Waals surface area contributed by atoms with E-state index in [1.807, 2.05) is 6.92 Å². The van der Waals surface area contributed by atoms with Crippen molar-refractivity contribution in [3.63, 3.8) is 0 Å². The third-order valence-electron chi connectivity index (χ3n) is 3.08. The van der Waals surface area contributed by atoms with Gasteiger partial charge in [0.15, 0.2) is 0 Å². The number of amides is 1. The lowest BCUT2D eigenvalue weighted by molar-refractivity contribution is 0.0986. The zero-order valence-corrected chi connectivity index (χ0v) is 12.5. The molecule has 0 saturated carbocycles. The predicted molar refractivity (Wildman–Crippen MR) is 85.9 cm³/mol. The highest BCUT2D eigenvalue weighted by molar-refractivity contribution is 6.34. The van der Waals surface area contributed by atoms with Crippen molar-refractivity contribution in [2.75, 3.05) is 17.2 Å². The molecule has 2 rings (SSSR count). The largest absolute Gasteiger partial charge is 0.508 e. The summed E-state index contributed by atoms with van der Waals surface area (Å²) < 4.78 is 0. The van der Waals surface area contributed by atoms with Crippen molar-refractivity contribution in [1.82, 2.24) is 0 Å². The maximum Gasteiger partial charge on any atom is 0.259 e. The van der Waals surface area contributed by atoms with Crippen molar-refractivity contribution in [2.24, 2.45) is 0 Å². The van der Waals surface area contributed by atoms with Crippen LogP contribution in [-0.2, 0) is 0 Å². The van der Waals surface area contributed by atoms with E-state index in [9.17, 15) is 9.90 Å². The Kier molecular flexibility index (Phi) is 4.70. The Morgan fingerprint density at radius 1 is 1.24 bits per heavy atom. The Hall–Kier alpha value is -2.20. The summed E-state index contributed by atoms with van der Waals surface area (Å²) in [5, 5.41) is 9.87. The van der Waals surface area contributed by atoms with E-state index in [0.717, 1.165) is 12.1 Å². The summed E-state index contributed by atoms with van der Waals surface area (Å²) in [6.45, 7) is 2.54. The Bertz CT molecular complexity index is 641.